The van der Waals surface area contributed by atoms with Gasteiger partial charge >= 0.3 is 0 Å². The van der Waals surface area contributed by atoms with E-state index in [1.54, 1.807) is 12.0 Å². The summed E-state index contributed by atoms with van der Waals surface area (Å²) in [5.74, 6) is 0.689. The van der Waals surface area contributed by atoms with Crippen LogP contribution in [0.4, 0.5) is 5.69 Å². The van der Waals surface area contributed by atoms with Gasteiger partial charge in [-0.3, -0.25) is 9.59 Å². The fourth-order valence-electron chi connectivity index (χ4n) is 3.79. The number of nitrogens with one attached hydrogen (secondary N) is 1. The third-order valence-corrected chi connectivity index (χ3v) is 5.54. The van der Waals surface area contributed by atoms with Crippen molar-refractivity contribution in [2.45, 2.75) is 26.3 Å². The zero-order valence-electron chi connectivity index (χ0n) is 18.3. The maximum atomic E-state index is 13.3. The topological polar surface area (TPSA) is 62.4 Å². The van der Waals surface area contributed by atoms with E-state index in [-0.39, 0.29) is 18.0 Å². The van der Waals surface area contributed by atoms with E-state index in [1.807, 2.05) is 85.8 Å². The van der Waals surface area contributed by atoms with Gasteiger partial charge in [0, 0.05) is 28.6 Å². The fraction of sp³-hybridized carbons (Fsp3) is 0.185. The molecule has 0 aliphatic heterocycles. The van der Waals surface area contributed by atoms with Crippen LogP contribution in [0.25, 0.3) is 10.9 Å². The van der Waals surface area contributed by atoms with Crippen LogP contribution in [0.3, 0.4) is 0 Å². The number of anilines is 1. The van der Waals surface area contributed by atoms with Gasteiger partial charge in [-0.15, -0.1) is 0 Å². The van der Waals surface area contributed by atoms with Crippen LogP contribution in [-0.4, -0.2) is 18.0 Å². The van der Waals surface area contributed by atoms with Crippen molar-refractivity contribution >= 4 is 22.5 Å². The summed E-state index contributed by atoms with van der Waals surface area (Å²) in [5, 5.41) is 0.861. The number of ether oxygens (including phenoxy) is 1. The van der Waals surface area contributed by atoms with Gasteiger partial charge in [-0.05, 0) is 60.9 Å². The van der Waals surface area contributed by atoms with E-state index in [1.165, 1.54) is 0 Å². The molecular weight excluding hydrogens is 400 g/mol. The molecule has 0 unspecified atom stereocenters. The number of nitrogens with zero attached hydrogens (tertiary/aromatic N) is 1. The minimum atomic E-state index is -0.198. The molecule has 32 heavy (non-hydrogen) atoms. The molecule has 1 amide bonds. The summed E-state index contributed by atoms with van der Waals surface area (Å²) in [4.78, 5) is 30.7. The number of pyridine rings is 1. The minimum Gasteiger partial charge on any atom is -0.497 e. The van der Waals surface area contributed by atoms with Crippen molar-refractivity contribution in [3.63, 3.8) is 0 Å². The number of fused-ring (bicyclic) bond motifs is 1. The molecule has 1 heterocycles. The van der Waals surface area contributed by atoms with Crippen LogP contribution in [-0.2, 0) is 17.8 Å². The first-order valence-electron chi connectivity index (χ1n) is 10.6. The van der Waals surface area contributed by atoms with Crippen LogP contribution < -0.4 is 15.2 Å². The summed E-state index contributed by atoms with van der Waals surface area (Å²) < 4.78 is 5.31. The van der Waals surface area contributed by atoms with Gasteiger partial charge in [-0.25, -0.2) is 0 Å². The number of aromatic nitrogens is 1. The highest BCUT2D eigenvalue weighted by Gasteiger charge is 2.18. The first kappa shape index (κ1) is 21.4. The number of hydrogen-bond acceptors (Lipinski definition) is 3. The van der Waals surface area contributed by atoms with E-state index in [0.29, 0.717) is 24.2 Å². The Labute approximate surface area is 187 Å². The number of amides is 1. The Hall–Kier alpha value is -3.86. The van der Waals surface area contributed by atoms with E-state index in [0.717, 1.165) is 27.7 Å². The zero-order chi connectivity index (χ0) is 22.5. The number of aromatic amines is 1. The Morgan fingerprint density at radius 1 is 0.969 bits per heavy atom. The monoisotopic (exact) mass is 426 g/mol. The molecule has 3 aromatic carbocycles. The molecule has 162 valence electrons. The third kappa shape index (κ3) is 4.89. The van der Waals surface area contributed by atoms with E-state index in [4.69, 9.17) is 4.74 Å². The fourth-order valence-corrected chi connectivity index (χ4v) is 3.79. The van der Waals surface area contributed by atoms with E-state index in [2.05, 4.69) is 4.98 Å². The molecule has 5 heteroatoms. The molecule has 0 radical (unpaired) electrons. The second-order valence-electron chi connectivity index (χ2n) is 7.88. The van der Waals surface area contributed by atoms with Crippen molar-refractivity contribution in [1.29, 1.82) is 0 Å². The molecule has 1 aromatic heterocycles. The van der Waals surface area contributed by atoms with Crippen molar-refractivity contribution in [3.8, 4) is 5.75 Å². The SMILES string of the molecule is COc1ccc2[nH]c(=O)c(CN(C(=O)CCc3ccccc3)c3cccc(C)c3)cc2c1. The Morgan fingerprint density at radius 2 is 1.78 bits per heavy atom. The molecule has 4 aromatic rings. The number of methoxy groups -OCH3 is 1. The Kier molecular flexibility index (Phi) is 6.36. The molecule has 0 spiro atoms. The second kappa shape index (κ2) is 9.52. The van der Waals surface area contributed by atoms with Crippen LogP contribution in [0.15, 0.2) is 83.7 Å². The van der Waals surface area contributed by atoms with Crippen molar-refractivity contribution in [2.75, 3.05) is 12.0 Å². The molecule has 5 nitrogen and oxygen atoms in total. The second-order valence-corrected chi connectivity index (χ2v) is 7.88. The van der Waals surface area contributed by atoms with Gasteiger partial charge in [0.1, 0.15) is 5.75 Å². The highest BCUT2D eigenvalue weighted by atomic mass is 16.5. The Morgan fingerprint density at radius 3 is 2.53 bits per heavy atom. The minimum absolute atomic E-state index is 0.0235. The molecule has 4 rings (SSSR count). The average Bonchev–Trinajstić information content (AvgIpc) is 2.81. The maximum Gasteiger partial charge on any atom is 0.253 e. The van der Waals surface area contributed by atoms with Crippen molar-refractivity contribution in [2.24, 2.45) is 0 Å². The number of H-pyrrole nitrogens is 1. The maximum absolute atomic E-state index is 13.3. The van der Waals surface area contributed by atoms with Crippen LogP contribution in [0.2, 0.25) is 0 Å². The summed E-state index contributed by atoms with van der Waals surface area (Å²) in [6.45, 7) is 2.19. The third-order valence-electron chi connectivity index (χ3n) is 5.54. The predicted molar refractivity (Wildman–Crippen MR) is 128 cm³/mol. The number of rotatable bonds is 7. The summed E-state index contributed by atoms with van der Waals surface area (Å²) in [7, 11) is 1.61. The molecular formula is C27H26N2O3. The molecule has 0 saturated carbocycles. The lowest BCUT2D eigenvalue weighted by atomic mass is 10.1. The van der Waals surface area contributed by atoms with E-state index in [9.17, 15) is 9.59 Å². The largest absolute Gasteiger partial charge is 0.497 e. The van der Waals surface area contributed by atoms with Crippen LogP contribution in [0, 0.1) is 6.92 Å². The number of hydrogen-bond donors (Lipinski definition) is 1. The van der Waals surface area contributed by atoms with Gasteiger partial charge in [-0.2, -0.15) is 0 Å². The van der Waals surface area contributed by atoms with E-state index < -0.39 is 0 Å². The summed E-state index contributed by atoms with van der Waals surface area (Å²) in [6, 6.07) is 25.1. The van der Waals surface area contributed by atoms with Crippen LogP contribution in [0.1, 0.15) is 23.1 Å². The van der Waals surface area contributed by atoms with Gasteiger partial charge in [0.2, 0.25) is 5.91 Å². The lowest BCUT2D eigenvalue weighted by molar-refractivity contribution is -0.118. The summed E-state index contributed by atoms with van der Waals surface area (Å²) in [6.07, 6.45) is 1.00. The van der Waals surface area contributed by atoms with Gasteiger partial charge in [-0.1, -0.05) is 42.5 Å². The predicted octanol–water partition coefficient (Wildman–Crippen LogP) is 5.01. The summed E-state index contributed by atoms with van der Waals surface area (Å²) in [5.41, 5.74) is 4.02. The highest BCUT2D eigenvalue weighted by Crippen LogP contribution is 2.22. The van der Waals surface area contributed by atoms with Gasteiger partial charge in [0.25, 0.3) is 5.56 Å². The van der Waals surface area contributed by atoms with Gasteiger partial charge in [0.05, 0.1) is 13.7 Å². The quantitative estimate of drug-likeness (QED) is 0.452. The number of carbonyl (C=O) groups excluding carboxylic acids is 1. The van der Waals surface area contributed by atoms with Crippen molar-refractivity contribution < 1.29 is 9.53 Å². The molecule has 0 aliphatic carbocycles. The van der Waals surface area contributed by atoms with Crippen LogP contribution >= 0.6 is 0 Å². The number of aryl methyl sites for hydroxylation is 2. The zero-order valence-corrected chi connectivity index (χ0v) is 18.3. The molecule has 0 aliphatic rings. The van der Waals surface area contributed by atoms with Crippen LogP contribution in [0.5, 0.6) is 5.75 Å². The number of carbonyl (C=O) groups is 1. The summed E-state index contributed by atoms with van der Waals surface area (Å²) >= 11 is 0. The Bertz CT molecular complexity index is 1300. The van der Waals surface area contributed by atoms with Crippen molar-refractivity contribution in [3.05, 3.63) is 106 Å². The lowest BCUT2D eigenvalue weighted by Gasteiger charge is -2.23. The Balaban J connectivity index is 1.66. The van der Waals surface area contributed by atoms with Gasteiger partial charge in [0.15, 0.2) is 0 Å². The standard InChI is InChI=1S/C27H26N2O3/c1-19-7-6-10-23(15-19)29(26(30)14-11-20-8-4-3-5-9-20)18-22-16-21-17-24(32-2)12-13-25(21)28-27(22)31/h3-10,12-13,15-17H,11,14,18H2,1-2H3,(H,28,31). The number of benzene rings is 3. The normalized spacial score (nSPS) is 10.8. The molecule has 0 bridgehead atoms. The molecule has 1 N–H and O–H groups in total. The highest BCUT2D eigenvalue weighted by molar-refractivity contribution is 5.93. The lowest BCUT2D eigenvalue weighted by Crippen LogP contribution is -2.33. The van der Waals surface area contributed by atoms with Crippen molar-refractivity contribution in [1.82, 2.24) is 4.98 Å². The van der Waals surface area contributed by atoms with E-state index >= 15 is 0 Å². The van der Waals surface area contributed by atoms with Gasteiger partial charge < -0.3 is 14.6 Å². The average molecular weight is 427 g/mol. The molecule has 0 fully saturated rings. The first-order valence-corrected chi connectivity index (χ1v) is 10.6. The first-order chi connectivity index (χ1) is 15.5. The molecule has 0 saturated heterocycles. The molecule has 0 atom stereocenters. The smallest absolute Gasteiger partial charge is 0.253 e.